The average Bonchev–Trinajstić information content (AvgIpc) is 2.87. The van der Waals surface area contributed by atoms with E-state index in [4.69, 9.17) is 0 Å². The predicted molar refractivity (Wildman–Crippen MR) is 70.7 cm³/mol. The van der Waals surface area contributed by atoms with Crippen molar-refractivity contribution in [2.75, 3.05) is 0 Å². The molecule has 3 unspecified atom stereocenters. The van der Waals surface area contributed by atoms with Crippen molar-refractivity contribution in [3.63, 3.8) is 0 Å². The maximum atomic E-state index is 4.36. The van der Waals surface area contributed by atoms with Gasteiger partial charge in [0.05, 0.1) is 5.69 Å². The van der Waals surface area contributed by atoms with Crippen LogP contribution >= 0.6 is 0 Å². The molecule has 2 rings (SSSR count). The van der Waals surface area contributed by atoms with E-state index in [9.17, 15) is 0 Å². The van der Waals surface area contributed by atoms with E-state index >= 15 is 0 Å². The highest BCUT2D eigenvalue weighted by atomic mass is 15.3. The van der Waals surface area contributed by atoms with Crippen molar-refractivity contribution in [1.82, 2.24) is 15.1 Å². The molecule has 1 aromatic rings. The van der Waals surface area contributed by atoms with Crippen molar-refractivity contribution < 1.29 is 0 Å². The molecule has 96 valence electrons. The molecule has 0 amide bonds. The van der Waals surface area contributed by atoms with Gasteiger partial charge in [-0.25, -0.2) is 0 Å². The minimum Gasteiger partial charge on any atom is -0.308 e. The van der Waals surface area contributed by atoms with Crippen molar-refractivity contribution in [2.24, 2.45) is 11.8 Å². The predicted octanol–water partition coefficient (Wildman–Crippen LogP) is 2.82. The Hall–Kier alpha value is -0.830. The van der Waals surface area contributed by atoms with E-state index in [-0.39, 0.29) is 0 Å². The molecule has 0 saturated heterocycles. The van der Waals surface area contributed by atoms with Crippen LogP contribution in [0.3, 0.4) is 0 Å². The van der Waals surface area contributed by atoms with E-state index < -0.39 is 0 Å². The van der Waals surface area contributed by atoms with Crippen LogP contribution in [-0.4, -0.2) is 15.8 Å². The second-order valence-electron chi connectivity index (χ2n) is 5.45. The van der Waals surface area contributed by atoms with Crippen LogP contribution in [0.2, 0.25) is 0 Å². The first kappa shape index (κ1) is 12.6. The van der Waals surface area contributed by atoms with Gasteiger partial charge in [0.25, 0.3) is 0 Å². The summed E-state index contributed by atoms with van der Waals surface area (Å²) in [6, 6.07) is 2.82. The lowest BCUT2D eigenvalue weighted by molar-refractivity contribution is 0.365. The van der Waals surface area contributed by atoms with E-state index in [1.54, 1.807) is 0 Å². The van der Waals surface area contributed by atoms with E-state index in [1.165, 1.54) is 18.5 Å². The number of aromatic nitrogens is 2. The van der Waals surface area contributed by atoms with Crippen molar-refractivity contribution in [3.05, 3.63) is 18.0 Å². The number of aryl methyl sites for hydroxylation is 1. The summed E-state index contributed by atoms with van der Waals surface area (Å²) in [7, 11) is 0. The minimum absolute atomic E-state index is 0.690. The normalized spacial score (nSPS) is 28.8. The smallest absolute Gasteiger partial charge is 0.0522 e. The molecule has 1 N–H and O–H groups in total. The zero-order valence-electron chi connectivity index (χ0n) is 11.3. The Balaban J connectivity index is 1.87. The van der Waals surface area contributed by atoms with Gasteiger partial charge in [0.2, 0.25) is 0 Å². The van der Waals surface area contributed by atoms with Gasteiger partial charge in [-0.3, -0.25) is 4.68 Å². The molecule has 0 radical (unpaired) electrons. The molecule has 3 atom stereocenters. The summed E-state index contributed by atoms with van der Waals surface area (Å²) in [6.45, 7) is 8.92. The van der Waals surface area contributed by atoms with E-state index in [1.807, 2.05) is 6.20 Å². The van der Waals surface area contributed by atoms with Crippen molar-refractivity contribution in [1.29, 1.82) is 0 Å². The lowest BCUT2D eigenvalue weighted by atomic mass is 9.98. The number of rotatable bonds is 5. The first-order chi connectivity index (χ1) is 8.22. The van der Waals surface area contributed by atoms with Gasteiger partial charge < -0.3 is 5.32 Å². The zero-order chi connectivity index (χ0) is 12.3. The topological polar surface area (TPSA) is 29.9 Å². The number of hydrogen-bond acceptors (Lipinski definition) is 2. The van der Waals surface area contributed by atoms with Crippen LogP contribution in [0.15, 0.2) is 12.3 Å². The third kappa shape index (κ3) is 2.89. The van der Waals surface area contributed by atoms with Gasteiger partial charge in [0, 0.05) is 25.3 Å². The molecule has 17 heavy (non-hydrogen) atoms. The van der Waals surface area contributed by atoms with Crippen molar-refractivity contribution >= 4 is 0 Å². The van der Waals surface area contributed by atoms with E-state index in [0.29, 0.717) is 6.04 Å². The fraction of sp³-hybridized carbons (Fsp3) is 0.786. The first-order valence-electron chi connectivity index (χ1n) is 6.96. The van der Waals surface area contributed by atoms with Gasteiger partial charge in [-0.1, -0.05) is 20.8 Å². The molecule has 1 aliphatic rings. The Bertz CT molecular complexity index is 345. The molecule has 0 spiro atoms. The maximum Gasteiger partial charge on any atom is 0.0522 e. The molecule has 0 bridgehead atoms. The van der Waals surface area contributed by atoms with Gasteiger partial charge in [-0.05, 0) is 37.2 Å². The second kappa shape index (κ2) is 5.67. The zero-order valence-corrected chi connectivity index (χ0v) is 11.3. The lowest BCUT2D eigenvalue weighted by Crippen LogP contribution is -2.32. The Morgan fingerprint density at radius 3 is 2.88 bits per heavy atom. The second-order valence-corrected chi connectivity index (χ2v) is 5.45. The number of hydrogen-bond donors (Lipinski definition) is 1. The minimum atomic E-state index is 0.690. The molecule has 1 aromatic heterocycles. The summed E-state index contributed by atoms with van der Waals surface area (Å²) in [5.74, 6) is 1.67. The maximum absolute atomic E-state index is 4.36. The van der Waals surface area contributed by atoms with Gasteiger partial charge in [-0.2, -0.15) is 5.10 Å². The Morgan fingerprint density at radius 2 is 2.24 bits per heavy atom. The Morgan fingerprint density at radius 1 is 1.41 bits per heavy atom. The summed E-state index contributed by atoms with van der Waals surface area (Å²) in [5, 5.41) is 8.06. The molecular weight excluding hydrogens is 210 g/mol. The summed E-state index contributed by atoms with van der Waals surface area (Å²) in [4.78, 5) is 0. The Labute approximate surface area is 105 Å². The van der Waals surface area contributed by atoms with Crippen LogP contribution in [0.4, 0.5) is 0 Å². The molecular formula is C14H25N3. The van der Waals surface area contributed by atoms with E-state index in [0.717, 1.165) is 31.3 Å². The van der Waals surface area contributed by atoms with Crippen molar-refractivity contribution in [3.8, 4) is 0 Å². The van der Waals surface area contributed by atoms with Crippen LogP contribution in [0.5, 0.6) is 0 Å². The third-order valence-corrected chi connectivity index (χ3v) is 4.25. The summed E-state index contributed by atoms with van der Waals surface area (Å²) < 4.78 is 2.12. The monoisotopic (exact) mass is 235 g/mol. The van der Waals surface area contributed by atoms with Crippen molar-refractivity contribution in [2.45, 2.75) is 59.2 Å². The van der Waals surface area contributed by atoms with Crippen LogP contribution in [-0.2, 0) is 13.1 Å². The standard InChI is InChI=1S/C14H25N3/c1-4-9-17-13(7-8-16-17)10-15-14-6-5-11(2)12(14)3/h7-8,11-12,14-15H,4-6,9-10H2,1-3H3. The van der Waals surface area contributed by atoms with Crippen LogP contribution < -0.4 is 5.32 Å². The molecule has 0 aliphatic heterocycles. The summed E-state index contributed by atoms with van der Waals surface area (Å²) in [6.07, 6.45) is 5.75. The highest BCUT2D eigenvalue weighted by Gasteiger charge is 2.29. The fourth-order valence-electron chi connectivity index (χ4n) is 2.81. The highest BCUT2D eigenvalue weighted by Crippen LogP contribution is 2.31. The largest absolute Gasteiger partial charge is 0.308 e. The average molecular weight is 235 g/mol. The van der Waals surface area contributed by atoms with Gasteiger partial charge in [0.15, 0.2) is 0 Å². The third-order valence-electron chi connectivity index (χ3n) is 4.25. The molecule has 3 nitrogen and oxygen atoms in total. The van der Waals surface area contributed by atoms with Crippen LogP contribution in [0.1, 0.15) is 45.7 Å². The number of nitrogens with zero attached hydrogens (tertiary/aromatic N) is 2. The Kier molecular flexibility index (Phi) is 4.21. The molecule has 1 aliphatic carbocycles. The van der Waals surface area contributed by atoms with Gasteiger partial charge in [-0.15, -0.1) is 0 Å². The molecule has 1 saturated carbocycles. The molecule has 1 heterocycles. The van der Waals surface area contributed by atoms with Gasteiger partial charge in [0.1, 0.15) is 0 Å². The molecule has 3 heteroatoms. The SMILES string of the molecule is CCCn1nccc1CNC1CCC(C)C1C. The summed E-state index contributed by atoms with van der Waals surface area (Å²) in [5.41, 5.74) is 1.32. The van der Waals surface area contributed by atoms with Gasteiger partial charge >= 0.3 is 0 Å². The lowest BCUT2D eigenvalue weighted by Gasteiger charge is -2.20. The quantitative estimate of drug-likeness (QED) is 0.850. The van der Waals surface area contributed by atoms with Crippen LogP contribution in [0, 0.1) is 11.8 Å². The van der Waals surface area contributed by atoms with E-state index in [2.05, 4.69) is 41.9 Å². The first-order valence-corrected chi connectivity index (χ1v) is 6.96. The molecule has 1 fully saturated rings. The summed E-state index contributed by atoms with van der Waals surface area (Å²) >= 11 is 0. The molecule has 0 aromatic carbocycles. The number of nitrogens with one attached hydrogen (secondary N) is 1. The highest BCUT2D eigenvalue weighted by molar-refractivity contribution is 5.01. The van der Waals surface area contributed by atoms with Crippen LogP contribution in [0.25, 0.3) is 0 Å². The fourth-order valence-corrected chi connectivity index (χ4v) is 2.81.